The van der Waals surface area contributed by atoms with Gasteiger partial charge < -0.3 is 65.1 Å². The molecular formula is C66H121NO13. The molecule has 0 aliphatic carbocycles. The van der Waals surface area contributed by atoms with Gasteiger partial charge in [-0.3, -0.25) is 4.79 Å². The minimum atomic E-state index is -1.79. The summed E-state index contributed by atoms with van der Waals surface area (Å²) in [6.45, 7) is 2.80. The average Bonchev–Trinajstić information content (AvgIpc) is 3.46. The van der Waals surface area contributed by atoms with Crippen molar-refractivity contribution in [2.75, 3.05) is 19.8 Å². The number of ether oxygens (including phenoxy) is 4. The van der Waals surface area contributed by atoms with Crippen molar-refractivity contribution >= 4 is 5.91 Å². The first-order valence-corrected chi connectivity index (χ1v) is 32.9. The molecule has 0 saturated carbocycles. The molecule has 2 saturated heterocycles. The van der Waals surface area contributed by atoms with Crippen LogP contribution in [-0.4, -0.2) is 140 Å². The van der Waals surface area contributed by atoms with Crippen LogP contribution in [0.3, 0.4) is 0 Å². The lowest BCUT2D eigenvalue weighted by Gasteiger charge is -2.46. The molecule has 14 heteroatoms. The van der Waals surface area contributed by atoms with Gasteiger partial charge in [0, 0.05) is 6.42 Å². The van der Waals surface area contributed by atoms with E-state index in [1.165, 1.54) is 199 Å². The third kappa shape index (κ3) is 35.9. The Balaban J connectivity index is 1.74. The minimum Gasteiger partial charge on any atom is -0.394 e. The largest absolute Gasteiger partial charge is 0.394 e. The maximum Gasteiger partial charge on any atom is 0.220 e. The Morgan fingerprint density at radius 1 is 0.450 bits per heavy atom. The third-order valence-electron chi connectivity index (χ3n) is 16.0. The summed E-state index contributed by atoms with van der Waals surface area (Å²) in [6, 6.07) is -0.934. The molecule has 0 bridgehead atoms. The van der Waals surface area contributed by atoms with Crippen LogP contribution in [0.4, 0.5) is 0 Å². The molecule has 14 nitrogen and oxygen atoms in total. The summed E-state index contributed by atoms with van der Waals surface area (Å²) in [7, 11) is 0. The fraction of sp³-hybridized carbons (Fsp3) is 0.864. The second kappa shape index (κ2) is 51.4. The van der Waals surface area contributed by atoms with Crippen LogP contribution < -0.4 is 5.32 Å². The van der Waals surface area contributed by atoms with Crippen LogP contribution in [0.1, 0.15) is 271 Å². The molecule has 12 atom stereocenters. The first-order valence-electron chi connectivity index (χ1n) is 32.9. The van der Waals surface area contributed by atoms with Crippen molar-refractivity contribution in [3.05, 3.63) is 48.6 Å². The molecular weight excluding hydrogens is 1010 g/mol. The molecule has 2 fully saturated rings. The number of allylic oxidation sites excluding steroid dienone is 7. The number of aliphatic hydroxyl groups excluding tert-OH is 8. The summed E-state index contributed by atoms with van der Waals surface area (Å²) in [4.78, 5) is 13.3. The first kappa shape index (κ1) is 74.1. The molecule has 0 aromatic rings. The van der Waals surface area contributed by atoms with E-state index in [4.69, 9.17) is 18.9 Å². The van der Waals surface area contributed by atoms with Crippen molar-refractivity contribution in [3.63, 3.8) is 0 Å². The summed E-state index contributed by atoms with van der Waals surface area (Å²) in [5.41, 5.74) is 0. The van der Waals surface area contributed by atoms with E-state index in [-0.39, 0.29) is 18.9 Å². The van der Waals surface area contributed by atoms with E-state index in [9.17, 15) is 45.6 Å². The van der Waals surface area contributed by atoms with Gasteiger partial charge in [-0.05, 0) is 64.2 Å². The zero-order valence-corrected chi connectivity index (χ0v) is 50.6. The van der Waals surface area contributed by atoms with Crippen LogP contribution >= 0.6 is 0 Å². The highest BCUT2D eigenvalue weighted by atomic mass is 16.7. The number of unbranched alkanes of at least 4 members (excludes halogenated alkanes) is 34. The van der Waals surface area contributed by atoms with E-state index < -0.39 is 86.8 Å². The van der Waals surface area contributed by atoms with E-state index in [1.807, 2.05) is 6.08 Å². The van der Waals surface area contributed by atoms with Gasteiger partial charge in [-0.15, -0.1) is 0 Å². The summed E-state index contributed by atoms with van der Waals surface area (Å²) in [5, 5.41) is 87.3. The maximum absolute atomic E-state index is 13.3. The molecule has 2 aliphatic rings. The van der Waals surface area contributed by atoms with E-state index in [1.54, 1.807) is 6.08 Å². The zero-order chi connectivity index (χ0) is 58.1. The summed E-state index contributed by atoms with van der Waals surface area (Å²) in [5.74, 6) is -0.250. The Bertz CT molecular complexity index is 1530. The van der Waals surface area contributed by atoms with Crippen molar-refractivity contribution in [2.24, 2.45) is 0 Å². The van der Waals surface area contributed by atoms with Gasteiger partial charge in [-0.1, -0.05) is 249 Å². The number of carbonyl (C=O) groups excluding carboxylic acids is 1. The van der Waals surface area contributed by atoms with Gasteiger partial charge in [0.1, 0.15) is 48.8 Å². The molecule has 0 radical (unpaired) electrons. The monoisotopic (exact) mass is 1140 g/mol. The molecule has 80 heavy (non-hydrogen) atoms. The topological polar surface area (TPSA) is 228 Å². The van der Waals surface area contributed by atoms with Gasteiger partial charge in [-0.2, -0.15) is 0 Å². The van der Waals surface area contributed by atoms with Gasteiger partial charge in [0.25, 0.3) is 0 Å². The lowest BCUT2D eigenvalue weighted by Crippen LogP contribution is -2.65. The van der Waals surface area contributed by atoms with Gasteiger partial charge in [0.05, 0.1) is 32.0 Å². The molecule has 2 rings (SSSR count). The van der Waals surface area contributed by atoms with Crippen LogP contribution in [0.2, 0.25) is 0 Å². The second-order valence-corrected chi connectivity index (χ2v) is 23.2. The number of aliphatic hydroxyl groups is 8. The van der Waals surface area contributed by atoms with Crippen molar-refractivity contribution in [3.8, 4) is 0 Å². The summed E-state index contributed by atoms with van der Waals surface area (Å²) in [6.07, 6.45) is 48.7. The highest BCUT2D eigenvalue weighted by molar-refractivity contribution is 5.76. The van der Waals surface area contributed by atoms with Gasteiger partial charge >= 0.3 is 0 Å². The summed E-state index contributed by atoms with van der Waals surface area (Å²) >= 11 is 0. The molecule has 0 aromatic heterocycles. The number of hydrogen-bond acceptors (Lipinski definition) is 13. The lowest BCUT2D eigenvalue weighted by molar-refractivity contribution is -0.359. The molecule has 0 spiro atoms. The predicted molar refractivity (Wildman–Crippen MR) is 323 cm³/mol. The predicted octanol–water partition coefficient (Wildman–Crippen LogP) is 12.3. The average molecular weight is 1140 g/mol. The lowest BCUT2D eigenvalue weighted by atomic mass is 9.97. The minimum absolute atomic E-state index is 0.250. The standard InChI is InChI=1S/C66H121NO13/c1-3-5-7-9-11-13-15-17-19-21-23-25-27-29-31-33-35-37-39-41-43-45-47-49-55(70)54(53-77-65-63(76)61(74)64(57(52-69)79-65)80-66-62(75)60(73)59(72)56(51-68)78-66)67-58(71)50-48-46-44-42-40-38-36-34-32-30-28-26-24-22-20-18-16-14-12-10-8-6-4-2/h16,18,22,24,39,41,47,49,54-57,59-66,68-70,72-76H,3-15,17,19-21,23,25-38,40,42-46,48,50-53H2,1-2H3,(H,67,71)/b18-16-,24-22-,41-39+,49-47+. The van der Waals surface area contributed by atoms with E-state index in [0.717, 1.165) is 38.5 Å². The molecule has 9 N–H and O–H groups in total. The maximum atomic E-state index is 13.3. The van der Waals surface area contributed by atoms with Gasteiger partial charge in [0.2, 0.25) is 5.91 Å². The van der Waals surface area contributed by atoms with Gasteiger partial charge in [0.15, 0.2) is 12.6 Å². The zero-order valence-electron chi connectivity index (χ0n) is 50.6. The normalized spacial score (nSPS) is 24.5. The van der Waals surface area contributed by atoms with Crippen molar-refractivity contribution in [1.29, 1.82) is 0 Å². The Kier molecular flexibility index (Phi) is 47.6. The van der Waals surface area contributed by atoms with E-state index >= 15 is 0 Å². The quantitative estimate of drug-likeness (QED) is 0.0204. The second-order valence-electron chi connectivity index (χ2n) is 23.2. The Morgan fingerprint density at radius 3 is 1.30 bits per heavy atom. The number of carbonyl (C=O) groups is 1. The number of rotatable bonds is 53. The fourth-order valence-corrected chi connectivity index (χ4v) is 10.7. The molecule has 2 heterocycles. The van der Waals surface area contributed by atoms with Crippen LogP contribution in [0.15, 0.2) is 48.6 Å². The first-order chi connectivity index (χ1) is 39.1. The SMILES string of the molecule is CCCCCCC/C=C\C/C=C\CCCCCCCCCCCCCC(=O)NC(COC1OC(CO)C(OC2OC(CO)C(O)C(O)C2O)C(O)C1O)C(O)/C=C/CC/C=C/CCCCCCCCCCCCCCCCCCC. The van der Waals surface area contributed by atoms with Crippen LogP contribution in [-0.2, 0) is 23.7 Å². The van der Waals surface area contributed by atoms with Crippen molar-refractivity contribution < 1.29 is 64.6 Å². The Hall–Kier alpha value is -2.05. The Morgan fingerprint density at radius 2 is 0.838 bits per heavy atom. The smallest absolute Gasteiger partial charge is 0.220 e. The molecule has 1 amide bonds. The molecule has 12 unspecified atom stereocenters. The van der Waals surface area contributed by atoms with Crippen LogP contribution in [0, 0.1) is 0 Å². The number of hydrogen-bond donors (Lipinski definition) is 9. The molecule has 2 aliphatic heterocycles. The molecule has 0 aromatic carbocycles. The highest BCUT2D eigenvalue weighted by Crippen LogP contribution is 2.30. The van der Waals surface area contributed by atoms with Crippen molar-refractivity contribution in [2.45, 2.75) is 344 Å². The number of amides is 1. The van der Waals surface area contributed by atoms with Crippen molar-refractivity contribution in [1.82, 2.24) is 5.32 Å². The van der Waals surface area contributed by atoms with Crippen LogP contribution in [0.25, 0.3) is 0 Å². The summed E-state index contributed by atoms with van der Waals surface area (Å²) < 4.78 is 22.8. The molecule has 468 valence electrons. The Labute approximate surface area is 486 Å². The van der Waals surface area contributed by atoms with Crippen LogP contribution in [0.5, 0.6) is 0 Å². The van der Waals surface area contributed by atoms with Gasteiger partial charge in [-0.25, -0.2) is 0 Å². The highest BCUT2D eigenvalue weighted by Gasteiger charge is 2.51. The van der Waals surface area contributed by atoms with E-state index in [2.05, 4.69) is 55.6 Å². The number of nitrogens with one attached hydrogen (secondary N) is 1. The van der Waals surface area contributed by atoms with E-state index in [0.29, 0.717) is 12.8 Å². The fourth-order valence-electron chi connectivity index (χ4n) is 10.7. The third-order valence-corrected chi connectivity index (χ3v) is 16.0.